The summed E-state index contributed by atoms with van der Waals surface area (Å²) >= 11 is 3.42. The number of hydrogen-bond donors (Lipinski definition) is 8. The molecule has 0 saturated heterocycles. The molecule has 12 atom stereocenters. The predicted molar refractivity (Wildman–Crippen MR) is 487 cm³/mol. The minimum atomic E-state index is -0.416. The molecule has 0 aliphatic heterocycles. The molecule has 0 amide bonds. The Kier molecular flexibility index (Phi) is 61.6. The fourth-order valence-electron chi connectivity index (χ4n) is 14.5. The molecule has 7 aromatic rings. The summed E-state index contributed by atoms with van der Waals surface area (Å²) in [7, 11) is 0. The summed E-state index contributed by atoms with van der Waals surface area (Å²) in [6.45, 7) is 42.4. The maximum atomic E-state index is 11.7. The molecule has 654 valence electrons. The number of Topliss-reactive ketones (excluding diaryl/α,β-unsaturated/α-hetero) is 1. The Morgan fingerprint density at radius 2 is 0.896 bits per heavy atom. The molecule has 9 rings (SSSR count). The lowest BCUT2D eigenvalue weighted by molar-refractivity contribution is 0.0916. The van der Waals surface area contributed by atoms with Crippen molar-refractivity contribution in [1.82, 2.24) is 9.97 Å². The molecule has 1 aromatic carbocycles. The van der Waals surface area contributed by atoms with Gasteiger partial charge in [0.15, 0.2) is 5.78 Å². The molecule has 2 saturated carbocycles. The fraction of sp³-hybridized carbons (Fsp3) is 0.670. The van der Waals surface area contributed by atoms with Gasteiger partial charge in [-0.15, -0.1) is 22.7 Å². The zero-order valence-electron chi connectivity index (χ0n) is 75.8. The van der Waals surface area contributed by atoms with E-state index in [1.54, 1.807) is 41.3 Å². The number of carbonyl (C=O) groups is 1. The van der Waals surface area contributed by atoms with E-state index in [9.17, 15) is 45.6 Å². The average Bonchev–Trinajstić information content (AvgIpc) is 1.75. The third kappa shape index (κ3) is 49.2. The lowest BCUT2D eigenvalue weighted by atomic mass is 9.86. The van der Waals surface area contributed by atoms with Crippen LogP contribution in [0, 0.1) is 84.0 Å². The quantitative estimate of drug-likeness (QED) is 0.0133. The number of benzene rings is 1. The molecule has 15 heteroatoms. The van der Waals surface area contributed by atoms with Gasteiger partial charge in [0.1, 0.15) is 23.4 Å². The summed E-state index contributed by atoms with van der Waals surface area (Å²) in [5.41, 5.74) is 7.93. The van der Waals surface area contributed by atoms with E-state index in [1.165, 1.54) is 124 Å². The van der Waals surface area contributed by atoms with Crippen molar-refractivity contribution in [2.75, 3.05) is 0 Å². The number of hydrogen-bond acceptors (Lipinski definition) is 15. The highest BCUT2D eigenvalue weighted by Crippen LogP contribution is 2.38. The van der Waals surface area contributed by atoms with E-state index < -0.39 is 6.10 Å². The molecule has 8 N–H and O–H groups in total. The minimum Gasteiger partial charge on any atom is -0.469 e. The van der Waals surface area contributed by atoms with Crippen LogP contribution in [0.5, 0.6) is 0 Å². The molecule has 115 heavy (non-hydrogen) atoms. The Bertz CT molecular complexity index is 3080. The summed E-state index contributed by atoms with van der Waals surface area (Å²) < 4.78 is 10.5. The van der Waals surface area contributed by atoms with Crippen LogP contribution in [0.25, 0.3) is 0 Å². The van der Waals surface area contributed by atoms with Crippen LogP contribution in [0.4, 0.5) is 0 Å². The van der Waals surface area contributed by atoms with E-state index in [0.717, 1.165) is 164 Å². The fourth-order valence-corrected chi connectivity index (χ4v) is 16.2. The van der Waals surface area contributed by atoms with Crippen molar-refractivity contribution >= 4 is 28.5 Å². The van der Waals surface area contributed by atoms with Crippen LogP contribution in [0.1, 0.15) is 420 Å². The first-order valence-corrected chi connectivity index (χ1v) is 46.7. The van der Waals surface area contributed by atoms with Gasteiger partial charge in [0, 0.05) is 50.3 Å². The first-order chi connectivity index (χ1) is 54.9. The zero-order chi connectivity index (χ0) is 86.0. The highest BCUT2D eigenvalue weighted by molar-refractivity contribution is 7.12. The maximum Gasteiger partial charge on any atom is 0.162 e. The molecule has 0 radical (unpaired) electrons. The van der Waals surface area contributed by atoms with Crippen molar-refractivity contribution in [1.29, 1.82) is 0 Å². The van der Waals surface area contributed by atoms with Crippen LogP contribution in [-0.2, 0) is 0 Å². The lowest BCUT2D eigenvalue weighted by Gasteiger charge is -2.22. The Morgan fingerprint density at radius 3 is 1.27 bits per heavy atom. The SMILES string of the molecule is CC(C)C1C(C)CC[C@H]1O.CC(C)C1C(C)CC[C@H]1O.CCCCCC(O)c1ccc(C)cn1.CCCCCC(O)c1ccc(C)nc1.CCCCCC(O)c1ccc(C)o1.CCCCCC(O)c1ccc(C)s1.CCCCCC(O)c1coc(C)c1.CCCCCC(O)c1csc(C)c1.CCCCCCC(=O)c1ccc(C)cc1. The highest BCUT2D eigenvalue weighted by atomic mass is 32.1. The van der Waals surface area contributed by atoms with Crippen LogP contribution in [0.2, 0.25) is 0 Å². The van der Waals surface area contributed by atoms with Gasteiger partial charge >= 0.3 is 0 Å². The van der Waals surface area contributed by atoms with Gasteiger partial charge in [-0.05, 0) is 225 Å². The molecule has 0 bridgehead atoms. The molecule has 10 unspecified atom stereocenters. The van der Waals surface area contributed by atoms with Gasteiger partial charge in [0.25, 0.3) is 0 Å². The molecule has 2 aliphatic rings. The smallest absolute Gasteiger partial charge is 0.162 e. The third-order valence-corrected chi connectivity index (χ3v) is 23.7. The number of carbonyl (C=O) groups excluding carboxylic acids is 1. The van der Waals surface area contributed by atoms with Gasteiger partial charge in [-0.25, -0.2) is 0 Å². The normalized spacial score (nSPS) is 17.5. The average molecular weight is 1640 g/mol. The Hall–Kier alpha value is -5.17. The van der Waals surface area contributed by atoms with E-state index in [1.807, 2.05) is 107 Å². The first-order valence-electron chi connectivity index (χ1n) is 45.0. The van der Waals surface area contributed by atoms with Crippen LogP contribution in [0.15, 0.2) is 118 Å². The molecule has 6 heterocycles. The van der Waals surface area contributed by atoms with Crippen molar-refractivity contribution in [3.8, 4) is 0 Å². The number of nitrogens with zero attached hydrogens (tertiary/aromatic N) is 2. The molecule has 2 fully saturated rings. The Labute approximate surface area is 708 Å². The van der Waals surface area contributed by atoms with Gasteiger partial charge in [0.05, 0.1) is 54.7 Å². The number of thiophene rings is 2. The van der Waals surface area contributed by atoms with Gasteiger partial charge < -0.3 is 49.7 Å². The number of aromatic nitrogens is 2. The van der Waals surface area contributed by atoms with Crippen LogP contribution < -0.4 is 0 Å². The van der Waals surface area contributed by atoms with E-state index in [2.05, 4.69) is 131 Å². The lowest BCUT2D eigenvalue weighted by Crippen LogP contribution is -2.22. The standard InChI is InChI=1S/C14H20O.2C12H19NO.2C11H18O2.2C11H18OS.2C9H18O/c1-3-4-5-6-7-14(15)13-10-8-12(2)9-11-13;1-3-4-5-6-12(14)11-8-7-10(2)13-9-11;1-3-4-5-6-12(14)11-8-7-10(2)9-13-11;1-3-4-5-6-11(12)10-7-9(2)13-8-10;1-3-4-5-6-10(12)11-8-7-9(2)13-11;1-3-4-5-6-11(12)10-7-9(2)13-8-10;1-3-4-5-6-10(12)11-8-7-9(2)13-11;2*1-6(2)9-7(3)4-5-8(9)10/h8-11H,3-7H2,1-2H3;2*7-9,12,14H,3-6H2,1-2H3;7-8,11-12H,3-6H2,1-2H3;7-8,10,12H,3-6H2,1-2H3;7-8,11-12H,3-6H2,1-2H3;7-8,10,12H,3-6H2,1-2H3;2*6-10H,4-5H2,1-3H3/t;;;;;;;2*7?,8-,9?/m.......11/s1. The second-order valence-corrected chi connectivity index (χ2v) is 35.9. The second-order valence-electron chi connectivity index (χ2n) is 33.4. The molecule has 0 spiro atoms. The predicted octanol–water partition coefficient (Wildman–Crippen LogP) is 28.0. The number of unbranched alkanes of at least 4 members (excludes halogenated alkanes) is 15. The van der Waals surface area contributed by atoms with Crippen LogP contribution in [0.3, 0.4) is 0 Å². The number of pyridine rings is 2. The van der Waals surface area contributed by atoms with Gasteiger partial charge in [0.2, 0.25) is 0 Å². The topological polar surface area (TPSA) is 231 Å². The number of rotatable bonds is 38. The number of aliphatic hydroxyl groups excluding tert-OH is 8. The van der Waals surface area contributed by atoms with Crippen molar-refractivity contribution in [2.24, 2.45) is 35.5 Å². The van der Waals surface area contributed by atoms with Crippen LogP contribution >= 0.6 is 22.7 Å². The largest absolute Gasteiger partial charge is 0.469 e. The summed E-state index contributed by atoms with van der Waals surface area (Å²) in [6.07, 6.45) is 39.1. The minimum absolute atomic E-state index is 0.0185. The third-order valence-electron chi connectivity index (χ3n) is 21.7. The summed E-state index contributed by atoms with van der Waals surface area (Å²) in [4.78, 5) is 23.8. The van der Waals surface area contributed by atoms with E-state index >= 15 is 0 Å². The number of furan rings is 2. The second kappa shape index (κ2) is 65.7. The molecular weight excluding hydrogens is 1470 g/mol. The molecular formula is C100H166N2O11S2. The molecule has 13 nitrogen and oxygen atoms in total. The van der Waals surface area contributed by atoms with Crippen molar-refractivity contribution in [3.63, 3.8) is 0 Å². The van der Waals surface area contributed by atoms with Crippen molar-refractivity contribution < 1.29 is 54.5 Å². The number of aliphatic hydroxyl groups is 8. The summed E-state index contributed by atoms with van der Waals surface area (Å²) in [5, 5.41) is 79.6. The summed E-state index contributed by atoms with van der Waals surface area (Å²) in [6, 6.07) is 27.5. The maximum absolute atomic E-state index is 11.7. The summed E-state index contributed by atoms with van der Waals surface area (Å²) in [5.74, 6) is 6.58. The van der Waals surface area contributed by atoms with E-state index in [0.29, 0.717) is 35.9 Å². The van der Waals surface area contributed by atoms with Gasteiger partial charge in [-0.2, -0.15) is 0 Å². The van der Waals surface area contributed by atoms with Gasteiger partial charge in [-0.3, -0.25) is 14.8 Å². The monoisotopic (exact) mass is 1640 g/mol. The van der Waals surface area contributed by atoms with Gasteiger partial charge in [-0.1, -0.05) is 267 Å². The Balaban J connectivity index is 0.000000648. The van der Waals surface area contributed by atoms with Crippen LogP contribution in [-0.4, -0.2) is 68.8 Å². The number of ketones is 1. The highest BCUT2D eigenvalue weighted by Gasteiger charge is 2.35. The number of aryl methyl sites for hydroxylation is 7. The molecule has 6 aromatic heterocycles. The Morgan fingerprint density at radius 1 is 0.435 bits per heavy atom. The molecule has 2 aliphatic carbocycles. The van der Waals surface area contributed by atoms with E-state index in [-0.39, 0.29) is 48.5 Å². The first kappa shape index (κ1) is 108. The van der Waals surface area contributed by atoms with Crippen molar-refractivity contribution in [3.05, 3.63) is 186 Å². The van der Waals surface area contributed by atoms with Crippen molar-refractivity contribution in [2.45, 2.75) is 399 Å². The van der Waals surface area contributed by atoms with E-state index in [4.69, 9.17) is 8.83 Å². The zero-order valence-corrected chi connectivity index (χ0v) is 77.5.